The van der Waals surface area contributed by atoms with Gasteiger partial charge in [-0.2, -0.15) is 0 Å². The summed E-state index contributed by atoms with van der Waals surface area (Å²) in [4.78, 5) is 0. The van der Waals surface area contributed by atoms with E-state index in [0.717, 1.165) is 0 Å². The molecule has 8 heavy (non-hydrogen) atoms. The molecule has 2 atom stereocenters. The minimum atomic E-state index is -2.10. The van der Waals surface area contributed by atoms with E-state index in [2.05, 4.69) is 0 Å². The SMILES string of the molecule is CCC(CO)S(=O)[O-]. The van der Waals surface area contributed by atoms with Crippen molar-refractivity contribution in [3.05, 3.63) is 0 Å². The van der Waals surface area contributed by atoms with Gasteiger partial charge in [0.1, 0.15) is 0 Å². The summed E-state index contributed by atoms with van der Waals surface area (Å²) in [6, 6.07) is 0. The van der Waals surface area contributed by atoms with Crippen LogP contribution in [0.3, 0.4) is 0 Å². The van der Waals surface area contributed by atoms with Crippen molar-refractivity contribution in [2.75, 3.05) is 6.61 Å². The molecule has 4 heteroatoms. The van der Waals surface area contributed by atoms with E-state index in [1.165, 1.54) is 0 Å². The summed E-state index contributed by atoms with van der Waals surface area (Å²) in [6.45, 7) is 1.45. The second-order valence-corrected chi connectivity index (χ2v) is 2.66. The van der Waals surface area contributed by atoms with Crippen LogP contribution in [0.5, 0.6) is 0 Å². The number of aliphatic hydroxyl groups excluding tert-OH is 1. The topological polar surface area (TPSA) is 60.4 Å². The Balaban J connectivity index is 3.52. The molecule has 0 aliphatic carbocycles. The normalized spacial score (nSPS) is 17.9. The predicted octanol–water partition coefficient (Wildman–Crippen LogP) is -0.364. The van der Waals surface area contributed by atoms with Gasteiger partial charge in [-0.25, -0.2) is 0 Å². The van der Waals surface area contributed by atoms with Crippen molar-refractivity contribution < 1.29 is 13.9 Å². The van der Waals surface area contributed by atoms with Crippen LogP contribution in [0.2, 0.25) is 0 Å². The summed E-state index contributed by atoms with van der Waals surface area (Å²) in [5, 5.41) is 7.73. The summed E-state index contributed by atoms with van der Waals surface area (Å²) >= 11 is -2.10. The summed E-state index contributed by atoms with van der Waals surface area (Å²) < 4.78 is 20.0. The Morgan fingerprint density at radius 1 is 1.88 bits per heavy atom. The van der Waals surface area contributed by atoms with E-state index in [1.807, 2.05) is 0 Å². The molecular formula is C4H9O3S-. The van der Waals surface area contributed by atoms with Crippen molar-refractivity contribution in [1.82, 2.24) is 0 Å². The molecule has 0 rings (SSSR count). The van der Waals surface area contributed by atoms with Crippen LogP contribution in [0.15, 0.2) is 0 Å². The van der Waals surface area contributed by atoms with Gasteiger partial charge in [0.2, 0.25) is 0 Å². The fourth-order valence-electron chi connectivity index (χ4n) is 0.326. The Kier molecular flexibility index (Phi) is 4.03. The van der Waals surface area contributed by atoms with Gasteiger partial charge in [0.05, 0.1) is 6.61 Å². The minimum Gasteiger partial charge on any atom is -0.772 e. The third-order valence-electron chi connectivity index (χ3n) is 0.931. The highest BCUT2D eigenvalue weighted by atomic mass is 32.2. The molecule has 0 spiro atoms. The Morgan fingerprint density at radius 2 is 2.38 bits per heavy atom. The number of rotatable bonds is 3. The van der Waals surface area contributed by atoms with Crippen molar-refractivity contribution in [3.63, 3.8) is 0 Å². The van der Waals surface area contributed by atoms with Crippen LogP contribution in [-0.4, -0.2) is 25.7 Å². The average Bonchev–Trinajstić information content (AvgIpc) is 1.69. The molecule has 0 aliphatic heterocycles. The Bertz CT molecular complexity index is 79.4. The van der Waals surface area contributed by atoms with Crippen molar-refractivity contribution in [2.24, 2.45) is 0 Å². The molecule has 0 saturated heterocycles. The number of aliphatic hydroxyl groups is 1. The van der Waals surface area contributed by atoms with E-state index in [4.69, 9.17) is 5.11 Å². The molecule has 0 heterocycles. The summed E-state index contributed by atoms with van der Waals surface area (Å²) in [6.07, 6.45) is 0.479. The molecule has 0 aromatic rings. The molecule has 0 radical (unpaired) electrons. The summed E-state index contributed by atoms with van der Waals surface area (Å²) in [5.74, 6) is 0. The summed E-state index contributed by atoms with van der Waals surface area (Å²) in [5.41, 5.74) is 0. The standard InChI is InChI=1S/C4H10O3S/c1-2-4(3-5)8(6)7/h4-5H,2-3H2,1H3,(H,6,7)/p-1. The molecule has 0 aromatic heterocycles. The van der Waals surface area contributed by atoms with E-state index in [0.29, 0.717) is 6.42 Å². The van der Waals surface area contributed by atoms with Crippen LogP contribution in [0, 0.1) is 0 Å². The lowest BCUT2D eigenvalue weighted by Gasteiger charge is -2.13. The fourth-order valence-corrected chi connectivity index (χ4v) is 0.720. The van der Waals surface area contributed by atoms with Crippen molar-refractivity contribution in [2.45, 2.75) is 18.6 Å². The number of hydrogen-bond acceptors (Lipinski definition) is 3. The van der Waals surface area contributed by atoms with Gasteiger partial charge in [0.15, 0.2) is 0 Å². The first-order chi connectivity index (χ1) is 3.72. The molecule has 0 aliphatic rings. The van der Waals surface area contributed by atoms with Gasteiger partial charge in [0, 0.05) is 5.25 Å². The van der Waals surface area contributed by atoms with Crippen LogP contribution in [-0.2, 0) is 11.1 Å². The molecule has 1 N–H and O–H groups in total. The second-order valence-electron chi connectivity index (χ2n) is 1.47. The molecule has 0 bridgehead atoms. The van der Waals surface area contributed by atoms with Crippen LogP contribution < -0.4 is 0 Å². The molecule has 2 unspecified atom stereocenters. The third-order valence-corrected chi connectivity index (χ3v) is 1.96. The fraction of sp³-hybridized carbons (Fsp3) is 1.00. The monoisotopic (exact) mass is 137 g/mol. The lowest BCUT2D eigenvalue weighted by molar-refractivity contribution is 0.286. The van der Waals surface area contributed by atoms with E-state index < -0.39 is 16.3 Å². The van der Waals surface area contributed by atoms with Gasteiger partial charge in [0.25, 0.3) is 0 Å². The smallest absolute Gasteiger partial charge is 0.0563 e. The maximum atomic E-state index is 10.0. The Labute approximate surface area is 51.0 Å². The zero-order chi connectivity index (χ0) is 6.57. The molecule has 0 amide bonds. The molecule has 50 valence electrons. The first kappa shape index (κ1) is 8.07. The Hall–Kier alpha value is 0.0700. The number of hydrogen-bond donors (Lipinski definition) is 1. The van der Waals surface area contributed by atoms with Gasteiger partial charge < -0.3 is 9.66 Å². The van der Waals surface area contributed by atoms with Gasteiger partial charge in [-0.05, 0) is 17.5 Å². The largest absolute Gasteiger partial charge is 0.772 e. The minimum absolute atomic E-state index is 0.271. The van der Waals surface area contributed by atoms with Crippen LogP contribution in [0.4, 0.5) is 0 Å². The van der Waals surface area contributed by atoms with Crippen molar-refractivity contribution in [1.29, 1.82) is 0 Å². The first-order valence-corrected chi connectivity index (χ1v) is 3.55. The molecule has 3 nitrogen and oxygen atoms in total. The van der Waals surface area contributed by atoms with E-state index >= 15 is 0 Å². The molecular weight excluding hydrogens is 128 g/mol. The predicted molar refractivity (Wildman–Crippen MR) is 30.1 cm³/mol. The van der Waals surface area contributed by atoms with Crippen LogP contribution in [0.25, 0.3) is 0 Å². The maximum Gasteiger partial charge on any atom is 0.0563 e. The quantitative estimate of drug-likeness (QED) is 0.540. The first-order valence-electron chi connectivity index (χ1n) is 2.41. The maximum absolute atomic E-state index is 10.0. The third kappa shape index (κ3) is 2.40. The van der Waals surface area contributed by atoms with Crippen molar-refractivity contribution in [3.8, 4) is 0 Å². The lowest BCUT2D eigenvalue weighted by Crippen LogP contribution is -2.17. The van der Waals surface area contributed by atoms with E-state index in [1.54, 1.807) is 6.92 Å². The van der Waals surface area contributed by atoms with E-state index in [9.17, 15) is 8.76 Å². The van der Waals surface area contributed by atoms with Crippen LogP contribution >= 0.6 is 0 Å². The van der Waals surface area contributed by atoms with Crippen molar-refractivity contribution >= 4 is 11.1 Å². The Morgan fingerprint density at radius 3 is 2.38 bits per heavy atom. The highest BCUT2D eigenvalue weighted by Crippen LogP contribution is 1.95. The van der Waals surface area contributed by atoms with Crippen LogP contribution in [0.1, 0.15) is 13.3 Å². The van der Waals surface area contributed by atoms with E-state index in [-0.39, 0.29) is 6.61 Å². The highest BCUT2D eigenvalue weighted by molar-refractivity contribution is 7.79. The van der Waals surface area contributed by atoms with Gasteiger partial charge in [-0.3, -0.25) is 4.21 Å². The molecule has 0 fully saturated rings. The zero-order valence-corrected chi connectivity index (χ0v) is 5.48. The van der Waals surface area contributed by atoms with Gasteiger partial charge in [-0.1, -0.05) is 6.92 Å². The molecule has 0 aromatic carbocycles. The lowest BCUT2D eigenvalue weighted by atomic mass is 10.3. The molecule has 0 saturated carbocycles. The van der Waals surface area contributed by atoms with Gasteiger partial charge >= 0.3 is 0 Å². The second kappa shape index (κ2) is 4.00. The average molecular weight is 137 g/mol. The van der Waals surface area contributed by atoms with Gasteiger partial charge in [-0.15, -0.1) is 0 Å². The highest BCUT2D eigenvalue weighted by Gasteiger charge is 2.01. The zero-order valence-electron chi connectivity index (χ0n) is 4.66. The summed E-state index contributed by atoms with van der Waals surface area (Å²) in [7, 11) is 0.